The second-order valence-corrected chi connectivity index (χ2v) is 8.36. The highest BCUT2D eigenvalue weighted by molar-refractivity contribution is 6.58. The number of rotatable bonds is 5. The van der Waals surface area contributed by atoms with Crippen LogP contribution in [0.15, 0.2) is 30.3 Å². The van der Waals surface area contributed by atoms with E-state index in [0.29, 0.717) is 12.2 Å². The summed E-state index contributed by atoms with van der Waals surface area (Å²) >= 11 is -0.171. The Morgan fingerprint density at radius 3 is 1.83 bits per heavy atom. The van der Waals surface area contributed by atoms with E-state index in [-0.39, 0.29) is 20.1 Å². The average Bonchev–Trinajstić information content (AvgIpc) is 2.43. The van der Waals surface area contributed by atoms with Crippen molar-refractivity contribution in [3.8, 4) is 0 Å². The molecule has 0 spiro atoms. The standard InChI is InChI=1S/C9H10O2.3C2H5.Al/c1-2-11-9(10)8-6-4-3-5-7-8;3*1-2;/h3-7H,2H2,1H3;3*1H2,2H3;. The molecule has 0 fully saturated rings. The molecule has 1 rings (SSSR count). The van der Waals surface area contributed by atoms with Crippen LogP contribution in [0.25, 0.3) is 0 Å². The molecule has 0 unspecified atom stereocenters. The van der Waals surface area contributed by atoms with Crippen molar-refractivity contribution in [2.45, 2.75) is 43.5 Å². The first-order chi connectivity index (χ1) is 8.69. The summed E-state index contributed by atoms with van der Waals surface area (Å²) in [5.41, 5.74) is 0.606. The van der Waals surface area contributed by atoms with Gasteiger partial charge in [-0.25, -0.2) is 4.79 Å². The van der Waals surface area contributed by atoms with E-state index < -0.39 is 0 Å². The smallest absolute Gasteiger partial charge is 0.338 e. The van der Waals surface area contributed by atoms with Crippen molar-refractivity contribution < 1.29 is 9.53 Å². The van der Waals surface area contributed by atoms with Crippen LogP contribution in [0, 0.1) is 0 Å². The van der Waals surface area contributed by atoms with E-state index in [1.807, 2.05) is 18.2 Å². The Hall–Kier alpha value is -0.778. The Bertz CT molecular complexity index is 302. The molecular weight excluding hydrogens is 239 g/mol. The van der Waals surface area contributed by atoms with E-state index in [1.165, 1.54) is 15.8 Å². The van der Waals surface area contributed by atoms with E-state index >= 15 is 0 Å². The molecule has 1 aromatic rings. The number of ether oxygens (including phenoxy) is 1. The van der Waals surface area contributed by atoms with Crippen LogP contribution in [0.4, 0.5) is 0 Å². The molecule has 0 aliphatic rings. The third-order valence-electron chi connectivity index (χ3n) is 3.02. The number of hydrogen-bond acceptors (Lipinski definition) is 2. The highest BCUT2D eigenvalue weighted by Crippen LogP contribution is 2.01. The topological polar surface area (TPSA) is 26.3 Å². The van der Waals surface area contributed by atoms with E-state index in [0.717, 1.165) is 0 Å². The first-order valence-corrected chi connectivity index (χ1v) is 9.36. The van der Waals surface area contributed by atoms with Gasteiger partial charge in [-0.05, 0) is 19.1 Å². The number of carbonyl (C=O) groups excluding carboxylic acids is 1. The van der Waals surface area contributed by atoms with E-state index in [2.05, 4.69) is 20.8 Å². The van der Waals surface area contributed by atoms with Crippen molar-refractivity contribution in [2.24, 2.45) is 0 Å². The first kappa shape index (κ1) is 17.2. The number of benzene rings is 1. The van der Waals surface area contributed by atoms with Crippen LogP contribution in [0.5, 0.6) is 0 Å². The summed E-state index contributed by atoms with van der Waals surface area (Å²) in [5, 5.41) is 4.48. The van der Waals surface area contributed by atoms with E-state index in [1.54, 1.807) is 19.1 Å². The maximum atomic E-state index is 11.0. The van der Waals surface area contributed by atoms with Crippen LogP contribution >= 0.6 is 0 Å². The van der Waals surface area contributed by atoms with Gasteiger partial charge in [-0.1, -0.05) is 54.8 Å². The molecule has 0 bridgehead atoms. The monoisotopic (exact) mass is 264 g/mol. The van der Waals surface area contributed by atoms with Gasteiger partial charge in [0.25, 0.3) is 14.1 Å². The zero-order valence-electron chi connectivity index (χ0n) is 12.1. The minimum Gasteiger partial charge on any atom is -0.462 e. The molecule has 0 saturated heterocycles. The van der Waals surface area contributed by atoms with Crippen LogP contribution in [0.3, 0.4) is 0 Å². The summed E-state index contributed by atoms with van der Waals surface area (Å²) in [7, 11) is 0. The van der Waals surface area contributed by atoms with Gasteiger partial charge in [0.2, 0.25) is 0 Å². The lowest BCUT2D eigenvalue weighted by Gasteiger charge is -1.99. The molecule has 0 radical (unpaired) electrons. The van der Waals surface area contributed by atoms with Crippen LogP contribution in [-0.4, -0.2) is 26.7 Å². The Balaban J connectivity index is 0.000000360. The fourth-order valence-electron chi connectivity index (χ4n) is 1.65. The second kappa shape index (κ2) is 11.3. The van der Waals surface area contributed by atoms with Crippen molar-refractivity contribution in [1.82, 2.24) is 0 Å². The molecular formula is C15H25AlO2. The normalized spacial score (nSPS) is 9.11. The average molecular weight is 264 g/mol. The minimum absolute atomic E-state index is 0.171. The number of carbonyl (C=O) groups is 1. The minimum atomic E-state index is -0.256. The molecule has 0 N–H and O–H groups in total. The zero-order valence-corrected chi connectivity index (χ0v) is 13.3. The van der Waals surface area contributed by atoms with Crippen LogP contribution in [0.2, 0.25) is 15.8 Å². The Labute approximate surface area is 116 Å². The fourth-order valence-corrected chi connectivity index (χ4v) is 3.39. The maximum absolute atomic E-state index is 11.0. The first-order valence-electron chi connectivity index (χ1n) is 6.91. The molecule has 0 atom stereocenters. The van der Waals surface area contributed by atoms with Crippen molar-refractivity contribution in [1.29, 1.82) is 0 Å². The quantitative estimate of drug-likeness (QED) is 0.582. The van der Waals surface area contributed by atoms with E-state index in [9.17, 15) is 4.79 Å². The zero-order chi connectivity index (χ0) is 13.8. The molecule has 0 saturated carbocycles. The predicted molar refractivity (Wildman–Crippen MR) is 79.6 cm³/mol. The fraction of sp³-hybridized carbons (Fsp3) is 0.533. The van der Waals surface area contributed by atoms with Crippen molar-refractivity contribution in [3.63, 3.8) is 0 Å². The lowest BCUT2D eigenvalue weighted by atomic mass is 10.2. The predicted octanol–water partition coefficient (Wildman–Crippen LogP) is 4.40. The highest BCUT2D eigenvalue weighted by atomic mass is 27.2. The van der Waals surface area contributed by atoms with Gasteiger partial charge in [0.05, 0.1) is 12.2 Å². The van der Waals surface area contributed by atoms with Crippen LogP contribution < -0.4 is 0 Å². The van der Waals surface area contributed by atoms with Gasteiger partial charge in [0.15, 0.2) is 0 Å². The molecule has 100 valence electrons. The summed E-state index contributed by atoms with van der Waals surface area (Å²) in [6.07, 6.45) is 0. The van der Waals surface area contributed by atoms with Gasteiger partial charge in [-0.15, -0.1) is 0 Å². The van der Waals surface area contributed by atoms with Crippen LogP contribution in [-0.2, 0) is 4.74 Å². The lowest BCUT2D eigenvalue weighted by Crippen LogP contribution is -2.04. The van der Waals surface area contributed by atoms with Gasteiger partial charge >= 0.3 is 5.97 Å². The Kier molecular flexibility index (Phi) is 10.8. The molecule has 0 aliphatic heterocycles. The Morgan fingerprint density at radius 1 is 1.00 bits per heavy atom. The largest absolute Gasteiger partial charge is 0.462 e. The van der Waals surface area contributed by atoms with Crippen molar-refractivity contribution in [2.75, 3.05) is 6.61 Å². The summed E-state index contributed by atoms with van der Waals surface area (Å²) in [5.74, 6) is -0.256. The summed E-state index contributed by atoms with van der Waals surface area (Å²) in [6.45, 7) is 9.19. The third-order valence-corrected chi connectivity index (χ3v) is 6.48. The van der Waals surface area contributed by atoms with Crippen LogP contribution in [0.1, 0.15) is 38.1 Å². The molecule has 0 aromatic heterocycles. The number of esters is 1. The lowest BCUT2D eigenvalue weighted by molar-refractivity contribution is 0.0526. The second-order valence-electron chi connectivity index (χ2n) is 4.18. The van der Waals surface area contributed by atoms with E-state index in [4.69, 9.17) is 4.74 Å². The SMILES string of the molecule is CCOC(=O)c1ccccc1.C[CH2][Al]([CH2]C)[CH2]C. The molecule has 1 aromatic carbocycles. The summed E-state index contributed by atoms with van der Waals surface area (Å²) in [4.78, 5) is 11.0. The highest BCUT2D eigenvalue weighted by Gasteiger charge is 2.05. The van der Waals surface area contributed by atoms with Gasteiger partial charge < -0.3 is 4.74 Å². The van der Waals surface area contributed by atoms with Crippen molar-refractivity contribution in [3.05, 3.63) is 35.9 Å². The molecule has 0 aliphatic carbocycles. The van der Waals surface area contributed by atoms with Gasteiger partial charge in [0.1, 0.15) is 0 Å². The molecule has 2 nitrogen and oxygen atoms in total. The van der Waals surface area contributed by atoms with Gasteiger partial charge in [-0.3, -0.25) is 0 Å². The maximum Gasteiger partial charge on any atom is 0.338 e. The van der Waals surface area contributed by atoms with Crippen molar-refractivity contribution >= 4 is 20.1 Å². The third kappa shape index (κ3) is 7.53. The van der Waals surface area contributed by atoms with Gasteiger partial charge in [0, 0.05) is 0 Å². The molecule has 0 amide bonds. The molecule has 18 heavy (non-hydrogen) atoms. The van der Waals surface area contributed by atoms with Gasteiger partial charge in [-0.2, -0.15) is 0 Å². The number of hydrogen-bond donors (Lipinski definition) is 0. The molecule has 0 heterocycles. The summed E-state index contributed by atoms with van der Waals surface area (Å²) < 4.78 is 4.79. The molecule has 3 heteroatoms. The summed E-state index contributed by atoms with van der Waals surface area (Å²) in [6, 6.07) is 8.96. The Morgan fingerprint density at radius 2 is 1.50 bits per heavy atom.